The van der Waals surface area contributed by atoms with Gasteiger partial charge in [0.2, 0.25) is 5.75 Å². The Bertz CT molecular complexity index is 904. The van der Waals surface area contributed by atoms with Crippen LogP contribution in [0, 0.1) is 6.92 Å². The number of fused-ring (bicyclic) bond motifs is 1. The minimum Gasteiger partial charge on any atom is -0.365 e. The van der Waals surface area contributed by atoms with Crippen LogP contribution in [-0.2, 0) is 11.6 Å². The van der Waals surface area contributed by atoms with Crippen molar-refractivity contribution in [1.82, 2.24) is 0 Å². The second-order valence-electron chi connectivity index (χ2n) is 7.40. The van der Waals surface area contributed by atoms with E-state index < -0.39 is 17.8 Å². The lowest BCUT2D eigenvalue weighted by molar-refractivity contribution is -0.328. The molecular weight excluding hydrogens is 343 g/mol. The molecule has 26 heavy (non-hydrogen) atoms. The first kappa shape index (κ1) is 18.2. The summed E-state index contributed by atoms with van der Waals surface area (Å²) in [4.78, 5) is 12.3. The molecule has 136 valence electrons. The van der Waals surface area contributed by atoms with Gasteiger partial charge in [-0.1, -0.05) is 31.4 Å². The molecular formula is C20H19F3NO2+. The number of carbonyl (C=O) groups is 1. The zero-order chi connectivity index (χ0) is 19.3. The van der Waals surface area contributed by atoms with Crippen LogP contribution in [0.25, 0.3) is 0 Å². The van der Waals surface area contributed by atoms with Gasteiger partial charge >= 0.3 is 12.3 Å². The van der Waals surface area contributed by atoms with E-state index in [2.05, 4.69) is 0 Å². The maximum Gasteiger partial charge on any atom is 0.608 e. The third-order valence-corrected chi connectivity index (χ3v) is 4.18. The van der Waals surface area contributed by atoms with Crippen LogP contribution < -0.4 is 4.74 Å². The van der Waals surface area contributed by atoms with Gasteiger partial charge in [0.15, 0.2) is 6.21 Å². The standard InChI is InChI=1S/C20H19F3NO2/c1-12-9-15(19(2,3)4)17-16(10-12)24(18(25)26-17)11-13-5-7-14(8-6-13)20(21,22)23/h5-11H,1-4H3/q+1/b24-11+. The number of amides is 1. The molecule has 1 aliphatic rings. The summed E-state index contributed by atoms with van der Waals surface area (Å²) in [7, 11) is 0. The molecule has 0 radical (unpaired) electrons. The number of alkyl halides is 3. The number of benzene rings is 2. The van der Waals surface area contributed by atoms with Crippen molar-refractivity contribution in [3.63, 3.8) is 0 Å². The quantitative estimate of drug-likeness (QED) is 0.619. The summed E-state index contributed by atoms with van der Waals surface area (Å²) in [6.07, 6.45) is -3.48. The molecule has 1 heterocycles. The highest BCUT2D eigenvalue weighted by Crippen LogP contribution is 2.43. The zero-order valence-electron chi connectivity index (χ0n) is 14.9. The van der Waals surface area contributed by atoms with Gasteiger partial charge in [-0.25, -0.2) is 0 Å². The highest BCUT2D eigenvalue weighted by atomic mass is 19.4. The molecule has 0 bridgehead atoms. The number of ether oxygens (including phenoxy) is 1. The van der Waals surface area contributed by atoms with Crippen molar-refractivity contribution < 1.29 is 27.3 Å². The van der Waals surface area contributed by atoms with Crippen molar-refractivity contribution in [2.24, 2.45) is 0 Å². The Hall–Kier alpha value is -2.63. The van der Waals surface area contributed by atoms with E-state index in [0.717, 1.165) is 23.3 Å². The van der Waals surface area contributed by atoms with Gasteiger partial charge in [0.05, 0.1) is 5.56 Å². The van der Waals surface area contributed by atoms with Gasteiger partial charge in [-0.2, -0.15) is 18.0 Å². The van der Waals surface area contributed by atoms with Crippen LogP contribution in [0.15, 0.2) is 36.4 Å². The molecule has 0 saturated carbocycles. The number of carbonyl (C=O) groups excluding carboxylic acids is 1. The Kier molecular flexibility index (Phi) is 4.17. The lowest BCUT2D eigenvalue weighted by Crippen LogP contribution is -2.15. The van der Waals surface area contributed by atoms with Gasteiger partial charge in [0.1, 0.15) is 0 Å². The SMILES string of the molecule is Cc1cc2c(c(C(C)(C)C)c1)OC(=O)/[N+]2=C/c1ccc(C(F)(F)F)cc1. The normalized spacial score (nSPS) is 16.0. The third kappa shape index (κ3) is 3.36. The van der Waals surface area contributed by atoms with Gasteiger partial charge in [0.25, 0.3) is 5.69 Å². The number of halogens is 3. The van der Waals surface area contributed by atoms with E-state index >= 15 is 0 Å². The molecule has 3 rings (SSSR count). The van der Waals surface area contributed by atoms with Crippen molar-refractivity contribution in [3.05, 3.63) is 58.7 Å². The number of hydrogen-bond donors (Lipinski definition) is 0. The van der Waals surface area contributed by atoms with Gasteiger partial charge in [-0.05, 0) is 42.2 Å². The third-order valence-electron chi connectivity index (χ3n) is 4.18. The molecule has 1 aliphatic heterocycles. The van der Waals surface area contributed by atoms with E-state index in [9.17, 15) is 18.0 Å². The average molecular weight is 362 g/mol. The van der Waals surface area contributed by atoms with E-state index in [1.54, 1.807) is 0 Å². The highest BCUT2D eigenvalue weighted by Gasteiger charge is 2.40. The van der Waals surface area contributed by atoms with Crippen molar-refractivity contribution >= 4 is 18.0 Å². The molecule has 0 atom stereocenters. The van der Waals surface area contributed by atoms with Crippen molar-refractivity contribution in [2.45, 2.75) is 39.3 Å². The lowest BCUT2D eigenvalue weighted by Gasteiger charge is -2.20. The summed E-state index contributed by atoms with van der Waals surface area (Å²) in [5.41, 5.74) is 1.99. The Morgan fingerprint density at radius 1 is 1.04 bits per heavy atom. The molecule has 6 heteroatoms. The Balaban J connectivity index is 2.08. The highest BCUT2D eigenvalue weighted by molar-refractivity contribution is 5.86. The average Bonchev–Trinajstić information content (AvgIpc) is 2.81. The molecule has 2 aromatic rings. The first-order valence-electron chi connectivity index (χ1n) is 8.15. The number of nitrogens with zero attached hydrogens (tertiary/aromatic N) is 1. The fourth-order valence-electron chi connectivity index (χ4n) is 2.86. The summed E-state index contributed by atoms with van der Waals surface area (Å²) >= 11 is 0. The van der Waals surface area contributed by atoms with Crippen LogP contribution in [0.4, 0.5) is 23.7 Å². The van der Waals surface area contributed by atoms with E-state index in [1.165, 1.54) is 22.9 Å². The molecule has 1 amide bonds. The van der Waals surface area contributed by atoms with Crippen LogP contribution in [0.5, 0.6) is 5.75 Å². The molecule has 0 aromatic heterocycles. The summed E-state index contributed by atoms with van der Waals surface area (Å²) < 4.78 is 44.9. The predicted octanol–water partition coefficient (Wildman–Crippen LogP) is 5.59. The second kappa shape index (κ2) is 5.97. The zero-order valence-corrected chi connectivity index (χ0v) is 14.9. The Morgan fingerprint density at radius 3 is 2.19 bits per heavy atom. The summed E-state index contributed by atoms with van der Waals surface area (Å²) in [5.74, 6) is 0.497. The van der Waals surface area contributed by atoms with Crippen LogP contribution >= 0.6 is 0 Å². The van der Waals surface area contributed by atoms with Crippen LogP contribution in [0.3, 0.4) is 0 Å². The first-order chi connectivity index (χ1) is 12.0. The van der Waals surface area contributed by atoms with Crippen LogP contribution in [-0.4, -0.2) is 16.9 Å². The Labute approximate surface area is 149 Å². The largest absolute Gasteiger partial charge is 0.608 e. The molecule has 0 N–H and O–H groups in total. The lowest BCUT2D eigenvalue weighted by atomic mass is 9.85. The molecule has 0 fully saturated rings. The molecule has 3 nitrogen and oxygen atoms in total. The number of aryl methyl sites for hydroxylation is 1. The fourth-order valence-corrected chi connectivity index (χ4v) is 2.86. The van der Waals surface area contributed by atoms with Crippen LogP contribution in [0.1, 0.15) is 43.0 Å². The fraction of sp³-hybridized carbons (Fsp3) is 0.300. The first-order valence-corrected chi connectivity index (χ1v) is 8.15. The van der Waals surface area contributed by atoms with E-state index in [4.69, 9.17) is 4.74 Å². The summed E-state index contributed by atoms with van der Waals surface area (Å²) in [6.45, 7) is 8.00. The van der Waals surface area contributed by atoms with Crippen LogP contribution in [0.2, 0.25) is 0 Å². The monoisotopic (exact) mass is 362 g/mol. The molecule has 0 unspecified atom stereocenters. The van der Waals surface area contributed by atoms with Crippen molar-refractivity contribution in [2.75, 3.05) is 0 Å². The van der Waals surface area contributed by atoms with E-state index in [1.807, 2.05) is 39.8 Å². The molecule has 0 saturated heterocycles. The van der Waals surface area contributed by atoms with Gasteiger partial charge in [-0.3, -0.25) is 0 Å². The minimum absolute atomic E-state index is 0.221. The maximum atomic E-state index is 12.7. The molecule has 0 aliphatic carbocycles. The number of rotatable bonds is 1. The van der Waals surface area contributed by atoms with Gasteiger partial charge in [0, 0.05) is 17.2 Å². The van der Waals surface area contributed by atoms with Crippen molar-refractivity contribution in [1.29, 1.82) is 0 Å². The minimum atomic E-state index is -4.39. The summed E-state index contributed by atoms with van der Waals surface area (Å²) in [6, 6.07) is 8.45. The van der Waals surface area contributed by atoms with Gasteiger partial charge < -0.3 is 4.74 Å². The molecule has 2 aromatic carbocycles. The topological polar surface area (TPSA) is 29.3 Å². The predicted molar refractivity (Wildman–Crippen MR) is 92.4 cm³/mol. The summed E-state index contributed by atoms with van der Waals surface area (Å²) in [5, 5.41) is 0. The van der Waals surface area contributed by atoms with E-state index in [0.29, 0.717) is 17.0 Å². The maximum absolute atomic E-state index is 12.7. The Morgan fingerprint density at radius 2 is 1.65 bits per heavy atom. The van der Waals surface area contributed by atoms with Crippen molar-refractivity contribution in [3.8, 4) is 5.75 Å². The molecule has 0 spiro atoms. The van der Waals surface area contributed by atoms with E-state index in [-0.39, 0.29) is 5.41 Å². The second-order valence-corrected chi connectivity index (χ2v) is 7.40. The smallest absolute Gasteiger partial charge is 0.365 e. The van der Waals surface area contributed by atoms with Gasteiger partial charge in [-0.15, -0.1) is 0 Å². The number of hydrogen-bond acceptors (Lipinski definition) is 2.